The minimum Gasteiger partial charge on any atom is -0.256 e. The first-order chi connectivity index (χ1) is 25.7. The summed E-state index contributed by atoms with van der Waals surface area (Å²) in [5, 5.41) is 4.28. The molecule has 0 unspecified atom stereocenters. The smallest absolute Gasteiger partial charge is 0.0972 e. The molecule has 6 heteroatoms. The zero-order chi connectivity index (χ0) is 34.4. The second-order valence-electron chi connectivity index (χ2n) is 12.8. The summed E-state index contributed by atoms with van der Waals surface area (Å²) in [4.78, 5) is 29.0. The third kappa shape index (κ3) is 5.39. The third-order valence-corrected chi connectivity index (χ3v) is 9.56. The van der Waals surface area contributed by atoms with Crippen molar-refractivity contribution in [1.82, 2.24) is 29.9 Å². The van der Waals surface area contributed by atoms with E-state index in [0.29, 0.717) is 0 Å². The van der Waals surface area contributed by atoms with Crippen molar-refractivity contribution in [3.8, 4) is 56.3 Å². The molecule has 0 atom stereocenters. The predicted octanol–water partition coefficient (Wildman–Crippen LogP) is 11.0. The van der Waals surface area contributed by atoms with Gasteiger partial charge in [-0.3, -0.25) is 15.0 Å². The molecule has 6 nitrogen and oxygen atoms in total. The van der Waals surface area contributed by atoms with Gasteiger partial charge in [0.15, 0.2) is 0 Å². The highest BCUT2D eigenvalue weighted by Crippen LogP contribution is 2.33. The maximum absolute atomic E-state index is 5.11. The molecule has 0 saturated carbocycles. The fourth-order valence-electron chi connectivity index (χ4n) is 6.92. The van der Waals surface area contributed by atoms with Gasteiger partial charge in [-0.1, -0.05) is 60.7 Å². The summed E-state index contributed by atoms with van der Waals surface area (Å²) in [6.07, 6.45) is 5.45. The topological polar surface area (TPSA) is 77.3 Å². The van der Waals surface area contributed by atoms with Crippen LogP contribution in [0.15, 0.2) is 170 Å². The van der Waals surface area contributed by atoms with E-state index in [1.165, 1.54) is 0 Å². The Morgan fingerprint density at radius 2 is 0.769 bits per heavy atom. The van der Waals surface area contributed by atoms with E-state index in [9.17, 15) is 0 Å². The molecular weight excluding hydrogens is 637 g/mol. The van der Waals surface area contributed by atoms with Crippen molar-refractivity contribution in [3.63, 3.8) is 0 Å². The Morgan fingerprint density at radius 1 is 0.269 bits per heavy atom. The molecule has 0 N–H and O–H groups in total. The van der Waals surface area contributed by atoms with E-state index < -0.39 is 0 Å². The van der Waals surface area contributed by atoms with E-state index in [0.717, 1.165) is 99.9 Å². The van der Waals surface area contributed by atoms with Gasteiger partial charge in [0, 0.05) is 56.8 Å². The number of nitrogens with zero attached hydrogens (tertiary/aromatic N) is 6. The Morgan fingerprint density at radius 3 is 1.38 bits per heavy atom. The largest absolute Gasteiger partial charge is 0.256 e. The lowest BCUT2D eigenvalue weighted by atomic mass is 9.98. The SMILES string of the molecule is c1ccc(-c2cc(-c3ccccn3)cc(-c3ccc4cc(-c5ccc6nc(-c7ccc8ccc9cccnc9c8n7)ccc6c5)ccc4n3)c2)nc1. The Labute approximate surface area is 299 Å². The molecule has 52 heavy (non-hydrogen) atoms. The van der Waals surface area contributed by atoms with Crippen LogP contribution < -0.4 is 0 Å². The van der Waals surface area contributed by atoms with Crippen molar-refractivity contribution < 1.29 is 0 Å². The molecule has 242 valence electrons. The molecule has 0 fully saturated rings. The van der Waals surface area contributed by atoms with Gasteiger partial charge in [0.1, 0.15) is 0 Å². The van der Waals surface area contributed by atoms with Crippen LogP contribution in [0.1, 0.15) is 0 Å². The van der Waals surface area contributed by atoms with E-state index in [2.05, 4.69) is 112 Å². The Kier molecular flexibility index (Phi) is 7.03. The van der Waals surface area contributed by atoms with Crippen LogP contribution in [0.4, 0.5) is 0 Å². The van der Waals surface area contributed by atoms with Crippen LogP contribution in [0.5, 0.6) is 0 Å². The molecule has 0 bridgehead atoms. The summed E-state index contributed by atoms with van der Waals surface area (Å²) < 4.78 is 0. The second-order valence-corrected chi connectivity index (χ2v) is 12.8. The molecule has 0 aliphatic heterocycles. The first-order valence-electron chi connectivity index (χ1n) is 17.2. The summed E-state index contributed by atoms with van der Waals surface area (Å²) in [6.45, 7) is 0. The van der Waals surface area contributed by atoms with Crippen LogP contribution in [0.2, 0.25) is 0 Å². The van der Waals surface area contributed by atoms with Gasteiger partial charge in [-0.05, 0) is 102 Å². The Bertz CT molecular complexity index is 2900. The first-order valence-corrected chi connectivity index (χ1v) is 17.2. The third-order valence-electron chi connectivity index (χ3n) is 9.56. The lowest BCUT2D eigenvalue weighted by molar-refractivity contribution is 1.31. The van der Waals surface area contributed by atoms with E-state index in [4.69, 9.17) is 15.0 Å². The number of fused-ring (bicyclic) bond motifs is 5. The molecular formula is C46H28N6. The highest BCUT2D eigenvalue weighted by atomic mass is 14.8. The molecule has 0 spiro atoms. The molecule has 0 radical (unpaired) electrons. The lowest BCUT2D eigenvalue weighted by Crippen LogP contribution is -1.92. The lowest BCUT2D eigenvalue weighted by Gasteiger charge is -2.11. The molecule has 0 saturated heterocycles. The monoisotopic (exact) mass is 664 g/mol. The molecule has 0 aliphatic carbocycles. The fourth-order valence-corrected chi connectivity index (χ4v) is 6.92. The number of hydrogen-bond acceptors (Lipinski definition) is 6. The summed E-state index contributed by atoms with van der Waals surface area (Å²) in [6, 6.07) is 52.0. The second kappa shape index (κ2) is 12.3. The van der Waals surface area contributed by atoms with Gasteiger partial charge in [-0.2, -0.15) is 0 Å². The summed E-state index contributed by atoms with van der Waals surface area (Å²) in [5.74, 6) is 0. The van der Waals surface area contributed by atoms with Gasteiger partial charge in [0.05, 0.1) is 50.5 Å². The van der Waals surface area contributed by atoms with Gasteiger partial charge in [0.2, 0.25) is 0 Å². The van der Waals surface area contributed by atoms with Crippen molar-refractivity contribution in [2.75, 3.05) is 0 Å². The van der Waals surface area contributed by atoms with Gasteiger partial charge < -0.3 is 0 Å². The molecule has 10 aromatic rings. The fraction of sp³-hybridized carbons (Fsp3) is 0. The van der Waals surface area contributed by atoms with Gasteiger partial charge in [-0.25, -0.2) is 15.0 Å². The zero-order valence-corrected chi connectivity index (χ0v) is 27.8. The number of benzene rings is 4. The highest BCUT2D eigenvalue weighted by Gasteiger charge is 2.12. The van der Waals surface area contributed by atoms with Crippen molar-refractivity contribution in [1.29, 1.82) is 0 Å². The normalized spacial score (nSPS) is 11.5. The van der Waals surface area contributed by atoms with E-state index >= 15 is 0 Å². The predicted molar refractivity (Wildman–Crippen MR) is 210 cm³/mol. The van der Waals surface area contributed by atoms with Crippen LogP contribution in [0.25, 0.3) is 99.9 Å². The van der Waals surface area contributed by atoms with Crippen molar-refractivity contribution >= 4 is 43.6 Å². The Balaban J connectivity index is 0.975. The van der Waals surface area contributed by atoms with Crippen molar-refractivity contribution in [2.24, 2.45) is 0 Å². The van der Waals surface area contributed by atoms with E-state index in [1.54, 1.807) is 0 Å². The summed E-state index contributed by atoms with van der Waals surface area (Å²) in [5.41, 5.74) is 13.3. The standard InChI is InChI=1S/C46H28N6/c1-3-21-47-38(7-1)35-26-36(39-8-2-4-22-48-39)28-37(27-35)42-18-14-33-24-31(12-16-40(33)50-42)32-13-17-41-34(25-32)15-20-43(51-41)44-19-11-30-10-9-29-6-5-23-49-45(29)46(30)52-44/h1-28H. The van der Waals surface area contributed by atoms with Gasteiger partial charge in [-0.15, -0.1) is 0 Å². The van der Waals surface area contributed by atoms with Crippen LogP contribution in [0, 0.1) is 0 Å². The number of hydrogen-bond donors (Lipinski definition) is 0. The first kappa shape index (κ1) is 29.7. The molecule has 0 amide bonds. The molecule has 6 heterocycles. The maximum Gasteiger partial charge on any atom is 0.0972 e. The van der Waals surface area contributed by atoms with E-state index in [1.807, 2.05) is 73.2 Å². The van der Waals surface area contributed by atoms with Crippen LogP contribution >= 0.6 is 0 Å². The van der Waals surface area contributed by atoms with Gasteiger partial charge in [0.25, 0.3) is 0 Å². The molecule has 10 rings (SSSR count). The van der Waals surface area contributed by atoms with E-state index in [-0.39, 0.29) is 0 Å². The molecule has 4 aromatic carbocycles. The average Bonchev–Trinajstić information content (AvgIpc) is 3.23. The molecule has 6 aromatic heterocycles. The maximum atomic E-state index is 5.11. The highest BCUT2D eigenvalue weighted by molar-refractivity contribution is 6.03. The molecule has 0 aliphatic rings. The van der Waals surface area contributed by atoms with Crippen molar-refractivity contribution in [3.05, 3.63) is 170 Å². The van der Waals surface area contributed by atoms with Crippen LogP contribution in [0.3, 0.4) is 0 Å². The minimum absolute atomic E-state index is 0.828. The Hall–Kier alpha value is -7.18. The summed E-state index contributed by atoms with van der Waals surface area (Å²) in [7, 11) is 0. The van der Waals surface area contributed by atoms with Crippen LogP contribution in [-0.4, -0.2) is 29.9 Å². The minimum atomic E-state index is 0.828. The van der Waals surface area contributed by atoms with Crippen molar-refractivity contribution in [2.45, 2.75) is 0 Å². The number of aromatic nitrogens is 6. The quantitative estimate of drug-likeness (QED) is 0.170. The van der Waals surface area contributed by atoms with Crippen LogP contribution in [-0.2, 0) is 0 Å². The average molecular weight is 665 g/mol. The summed E-state index contributed by atoms with van der Waals surface area (Å²) >= 11 is 0. The number of pyridine rings is 6. The number of rotatable bonds is 5. The van der Waals surface area contributed by atoms with Gasteiger partial charge >= 0.3 is 0 Å². The zero-order valence-electron chi connectivity index (χ0n) is 27.8.